The minimum absolute atomic E-state index is 0.726. The maximum absolute atomic E-state index is 5.80. The third-order valence-corrected chi connectivity index (χ3v) is 2.52. The second-order valence-corrected chi connectivity index (χ2v) is 3.28. The number of nitrogens with zero attached hydrogens (tertiary/aromatic N) is 1. The van der Waals surface area contributed by atoms with Gasteiger partial charge in [0.05, 0.1) is 19.9 Å². The molecule has 0 bridgehead atoms. The van der Waals surface area contributed by atoms with Crippen molar-refractivity contribution in [3.8, 4) is 11.5 Å². The molecule has 1 heterocycles. The van der Waals surface area contributed by atoms with Crippen LogP contribution < -0.4 is 20.3 Å². The highest BCUT2D eigenvalue weighted by molar-refractivity contribution is 5.64. The van der Waals surface area contributed by atoms with Gasteiger partial charge in [-0.2, -0.15) is 0 Å². The fourth-order valence-electron chi connectivity index (χ4n) is 1.74. The standard InChI is InChI=1S/C10H14N2O2/c1-13-9-5-7-3-4-12(11)8(7)6-10(9)14-2/h5-6H,3-4,11H2,1-2H3. The summed E-state index contributed by atoms with van der Waals surface area (Å²) in [6.45, 7) is 0.853. The molecule has 0 atom stereocenters. The molecule has 1 aliphatic heterocycles. The van der Waals surface area contributed by atoms with Crippen molar-refractivity contribution in [1.82, 2.24) is 0 Å². The third-order valence-electron chi connectivity index (χ3n) is 2.52. The van der Waals surface area contributed by atoms with Gasteiger partial charge in [0.2, 0.25) is 0 Å². The molecule has 0 saturated carbocycles. The van der Waals surface area contributed by atoms with Crippen molar-refractivity contribution in [2.24, 2.45) is 5.84 Å². The van der Waals surface area contributed by atoms with E-state index in [1.165, 1.54) is 5.56 Å². The van der Waals surface area contributed by atoms with Gasteiger partial charge in [-0.05, 0) is 18.1 Å². The van der Waals surface area contributed by atoms with Crippen molar-refractivity contribution in [2.75, 3.05) is 25.8 Å². The van der Waals surface area contributed by atoms with Crippen LogP contribution in [0.3, 0.4) is 0 Å². The minimum atomic E-state index is 0.726. The van der Waals surface area contributed by atoms with E-state index in [9.17, 15) is 0 Å². The summed E-state index contributed by atoms with van der Waals surface area (Å²) in [5.74, 6) is 7.29. The minimum Gasteiger partial charge on any atom is -0.493 e. The number of rotatable bonds is 2. The highest BCUT2D eigenvalue weighted by atomic mass is 16.5. The summed E-state index contributed by atoms with van der Waals surface area (Å²) >= 11 is 0. The third kappa shape index (κ3) is 1.28. The van der Waals surface area contributed by atoms with Crippen LogP contribution in [0.15, 0.2) is 12.1 Å². The normalized spacial score (nSPS) is 14.1. The van der Waals surface area contributed by atoms with Crippen LogP contribution in [0.2, 0.25) is 0 Å². The van der Waals surface area contributed by atoms with Crippen molar-refractivity contribution in [2.45, 2.75) is 6.42 Å². The Bertz CT molecular complexity index is 351. The lowest BCUT2D eigenvalue weighted by molar-refractivity contribution is 0.355. The van der Waals surface area contributed by atoms with E-state index in [2.05, 4.69) is 0 Å². The highest BCUT2D eigenvalue weighted by Gasteiger charge is 2.19. The Hall–Kier alpha value is -1.42. The van der Waals surface area contributed by atoms with Crippen LogP contribution in [0.5, 0.6) is 11.5 Å². The van der Waals surface area contributed by atoms with Crippen LogP contribution >= 0.6 is 0 Å². The van der Waals surface area contributed by atoms with Crippen molar-refractivity contribution < 1.29 is 9.47 Å². The lowest BCUT2D eigenvalue weighted by atomic mass is 10.1. The number of benzene rings is 1. The van der Waals surface area contributed by atoms with Gasteiger partial charge in [-0.3, -0.25) is 0 Å². The summed E-state index contributed by atoms with van der Waals surface area (Å²) in [6.07, 6.45) is 0.964. The van der Waals surface area contributed by atoms with Crippen LogP contribution in [-0.2, 0) is 6.42 Å². The van der Waals surface area contributed by atoms with Crippen molar-refractivity contribution in [3.05, 3.63) is 17.7 Å². The van der Waals surface area contributed by atoms with E-state index in [1.807, 2.05) is 12.1 Å². The average molecular weight is 194 g/mol. The van der Waals surface area contributed by atoms with Gasteiger partial charge in [0.1, 0.15) is 0 Å². The van der Waals surface area contributed by atoms with E-state index in [0.29, 0.717) is 0 Å². The second-order valence-electron chi connectivity index (χ2n) is 3.28. The summed E-state index contributed by atoms with van der Waals surface area (Å²) in [7, 11) is 3.26. The van der Waals surface area contributed by atoms with Gasteiger partial charge in [-0.1, -0.05) is 0 Å². The number of anilines is 1. The summed E-state index contributed by atoms with van der Waals surface area (Å²) in [6, 6.07) is 3.90. The maximum atomic E-state index is 5.80. The van der Waals surface area contributed by atoms with Gasteiger partial charge in [0.25, 0.3) is 0 Å². The Morgan fingerprint density at radius 2 is 1.86 bits per heavy atom. The van der Waals surface area contributed by atoms with E-state index in [-0.39, 0.29) is 0 Å². The molecule has 0 aliphatic carbocycles. The molecule has 2 rings (SSSR count). The Morgan fingerprint density at radius 1 is 1.21 bits per heavy atom. The summed E-state index contributed by atoms with van der Waals surface area (Å²) in [5, 5.41) is 1.73. The molecule has 0 spiro atoms. The second kappa shape index (κ2) is 3.38. The molecule has 4 nitrogen and oxygen atoms in total. The van der Waals surface area contributed by atoms with E-state index < -0.39 is 0 Å². The first-order valence-corrected chi connectivity index (χ1v) is 4.53. The molecule has 0 radical (unpaired) electrons. The van der Waals surface area contributed by atoms with Gasteiger partial charge in [-0.15, -0.1) is 0 Å². The molecule has 76 valence electrons. The van der Waals surface area contributed by atoms with Crippen LogP contribution in [0.25, 0.3) is 0 Å². The first kappa shape index (κ1) is 9.15. The number of fused-ring (bicyclic) bond motifs is 1. The Labute approximate surface area is 83.2 Å². The Balaban J connectivity index is 2.49. The molecule has 0 unspecified atom stereocenters. The van der Waals surface area contributed by atoms with E-state index in [0.717, 1.165) is 30.2 Å². The lowest BCUT2D eigenvalue weighted by Crippen LogP contribution is -2.28. The largest absolute Gasteiger partial charge is 0.493 e. The lowest BCUT2D eigenvalue weighted by Gasteiger charge is -2.14. The first-order valence-electron chi connectivity index (χ1n) is 4.53. The molecule has 1 aromatic carbocycles. The fourth-order valence-corrected chi connectivity index (χ4v) is 1.74. The predicted octanol–water partition coefficient (Wildman–Crippen LogP) is 0.940. The van der Waals surface area contributed by atoms with E-state index in [1.54, 1.807) is 19.2 Å². The molecule has 1 aliphatic rings. The zero-order valence-electron chi connectivity index (χ0n) is 8.41. The topological polar surface area (TPSA) is 47.7 Å². The molecular weight excluding hydrogens is 180 g/mol. The Kier molecular flexibility index (Phi) is 2.21. The molecule has 14 heavy (non-hydrogen) atoms. The molecule has 0 fully saturated rings. The molecule has 4 heteroatoms. The molecule has 0 saturated heterocycles. The average Bonchev–Trinajstić information content (AvgIpc) is 2.58. The van der Waals surface area contributed by atoms with E-state index in [4.69, 9.17) is 15.3 Å². The smallest absolute Gasteiger partial charge is 0.162 e. The van der Waals surface area contributed by atoms with Gasteiger partial charge in [-0.25, -0.2) is 5.84 Å². The number of hydrogen-bond donors (Lipinski definition) is 1. The maximum Gasteiger partial charge on any atom is 0.162 e. The van der Waals surface area contributed by atoms with Gasteiger partial charge in [0, 0.05) is 12.6 Å². The number of methoxy groups -OCH3 is 2. The van der Waals surface area contributed by atoms with Gasteiger partial charge in [0.15, 0.2) is 11.5 Å². The fraction of sp³-hybridized carbons (Fsp3) is 0.400. The predicted molar refractivity (Wildman–Crippen MR) is 54.8 cm³/mol. The monoisotopic (exact) mass is 194 g/mol. The Morgan fingerprint density at radius 3 is 2.50 bits per heavy atom. The molecule has 0 amide bonds. The number of nitrogens with two attached hydrogens (primary N) is 1. The first-order chi connectivity index (χ1) is 6.76. The van der Waals surface area contributed by atoms with Crippen molar-refractivity contribution in [3.63, 3.8) is 0 Å². The van der Waals surface area contributed by atoms with Gasteiger partial charge >= 0.3 is 0 Å². The summed E-state index contributed by atoms with van der Waals surface area (Å²) < 4.78 is 10.4. The SMILES string of the molecule is COc1cc2c(cc1OC)N(N)CC2. The van der Waals surface area contributed by atoms with Crippen LogP contribution in [-0.4, -0.2) is 20.8 Å². The zero-order chi connectivity index (χ0) is 10.1. The number of hydrazine groups is 1. The van der Waals surface area contributed by atoms with Crippen LogP contribution in [0, 0.1) is 0 Å². The molecular formula is C10H14N2O2. The highest BCUT2D eigenvalue weighted by Crippen LogP contribution is 2.37. The number of hydrogen-bond acceptors (Lipinski definition) is 4. The molecule has 0 aromatic heterocycles. The summed E-state index contributed by atoms with van der Waals surface area (Å²) in [5.41, 5.74) is 2.24. The van der Waals surface area contributed by atoms with Crippen LogP contribution in [0.1, 0.15) is 5.56 Å². The van der Waals surface area contributed by atoms with Crippen molar-refractivity contribution >= 4 is 5.69 Å². The van der Waals surface area contributed by atoms with Gasteiger partial charge < -0.3 is 14.5 Å². The summed E-state index contributed by atoms with van der Waals surface area (Å²) in [4.78, 5) is 0. The number of ether oxygens (including phenoxy) is 2. The molecule has 2 N–H and O–H groups in total. The molecule has 1 aromatic rings. The zero-order valence-corrected chi connectivity index (χ0v) is 8.41. The van der Waals surface area contributed by atoms with E-state index >= 15 is 0 Å². The quantitative estimate of drug-likeness (QED) is 0.712. The van der Waals surface area contributed by atoms with Crippen LogP contribution in [0.4, 0.5) is 5.69 Å². The van der Waals surface area contributed by atoms with Crippen molar-refractivity contribution in [1.29, 1.82) is 0 Å².